The molecule has 0 N–H and O–H groups in total. The van der Waals surface area contributed by atoms with E-state index in [0.29, 0.717) is 16.7 Å². The Morgan fingerprint density at radius 2 is 1.68 bits per heavy atom. The van der Waals surface area contributed by atoms with Crippen LogP contribution in [-0.2, 0) is 6.42 Å². The fraction of sp³-hybridized carbons (Fsp3) is 0.250. The minimum atomic E-state index is 0.0101. The summed E-state index contributed by atoms with van der Waals surface area (Å²) in [6, 6.07) is 17.2. The van der Waals surface area contributed by atoms with E-state index in [1.54, 1.807) is 6.07 Å². The lowest BCUT2D eigenvalue weighted by Gasteiger charge is -2.18. The van der Waals surface area contributed by atoms with Crippen LogP contribution in [0.1, 0.15) is 26.3 Å². The molecule has 112 valence electrons. The van der Waals surface area contributed by atoms with Crippen LogP contribution in [0.25, 0.3) is 22.3 Å². The molecule has 2 heteroatoms. The summed E-state index contributed by atoms with van der Waals surface area (Å²) >= 11 is 0. The molecular weight excluding hydrogens is 272 g/mol. The van der Waals surface area contributed by atoms with Gasteiger partial charge >= 0.3 is 0 Å². The van der Waals surface area contributed by atoms with Gasteiger partial charge in [-0.25, -0.2) is 0 Å². The van der Waals surface area contributed by atoms with Crippen molar-refractivity contribution in [1.29, 1.82) is 0 Å². The smallest absolute Gasteiger partial charge is 0.193 e. The van der Waals surface area contributed by atoms with Gasteiger partial charge in [-0.15, -0.1) is 0 Å². The maximum Gasteiger partial charge on any atom is 0.193 e. The molecule has 2 aromatic carbocycles. The molecule has 0 unspecified atom stereocenters. The molecule has 22 heavy (non-hydrogen) atoms. The Morgan fingerprint density at radius 1 is 0.955 bits per heavy atom. The molecule has 0 bridgehead atoms. The van der Waals surface area contributed by atoms with Gasteiger partial charge in [-0.2, -0.15) is 0 Å². The average Bonchev–Trinajstić information content (AvgIpc) is 2.47. The summed E-state index contributed by atoms with van der Waals surface area (Å²) in [5.74, 6) is 0.613. The number of hydrogen-bond donors (Lipinski definition) is 0. The first-order valence-corrected chi connectivity index (χ1v) is 7.55. The lowest BCUT2D eigenvalue weighted by Crippen LogP contribution is -2.09. The summed E-state index contributed by atoms with van der Waals surface area (Å²) in [6.45, 7) is 6.58. The standard InChI is InChI=1S/C20H20O2/c1-20(2,3)13-14-9-10-18-16(11-14)17(21)12-19(22-18)15-7-5-4-6-8-15/h4-12H,13H2,1-3H3. The number of hydrogen-bond acceptors (Lipinski definition) is 2. The molecule has 0 radical (unpaired) electrons. The molecule has 1 heterocycles. The molecule has 3 rings (SSSR count). The van der Waals surface area contributed by atoms with E-state index >= 15 is 0 Å². The summed E-state index contributed by atoms with van der Waals surface area (Å²) in [5, 5.41) is 0.654. The molecule has 0 spiro atoms. The molecule has 0 atom stereocenters. The van der Waals surface area contributed by atoms with Crippen molar-refractivity contribution in [2.24, 2.45) is 5.41 Å². The predicted octanol–water partition coefficient (Wildman–Crippen LogP) is 5.05. The monoisotopic (exact) mass is 292 g/mol. The molecular formula is C20H20O2. The third-order valence-corrected chi connectivity index (χ3v) is 3.58. The van der Waals surface area contributed by atoms with Crippen LogP contribution in [0.5, 0.6) is 0 Å². The summed E-state index contributed by atoms with van der Waals surface area (Å²) in [4.78, 5) is 12.4. The predicted molar refractivity (Wildman–Crippen MR) is 91.1 cm³/mol. The van der Waals surface area contributed by atoms with Crippen molar-refractivity contribution in [3.05, 3.63) is 70.4 Å². The molecule has 0 aliphatic rings. The zero-order valence-corrected chi connectivity index (χ0v) is 13.2. The van der Waals surface area contributed by atoms with E-state index in [9.17, 15) is 4.79 Å². The Labute approximate surface area is 130 Å². The van der Waals surface area contributed by atoms with Gasteiger partial charge in [0.05, 0.1) is 5.39 Å². The summed E-state index contributed by atoms with van der Waals surface area (Å²) in [6.07, 6.45) is 0.933. The van der Waals surface area contributed by atoms with Crippen LogP contribution in [0.2, 0.25) is 0 Å². The summed E-state index contributed by atoms with van der Waals surface area (Å²) in [5.41, 5.74) is 2.93. The lowest BCUT2D eigenvalue weighted by molar-refractivity contribution is 0.411. The van der Waals surface area contributed by atoms with E-state index in [4.69, 9.17) is 4.42 Å². The van der Waals surface area contributed by atoms with Gasteiger partial charge in [0.1, 0.15) is 11.3 Å². The number of benzene rings is 2. The van der Waals surface area contributed by atoms with Crippen molar-refractivity contribution in [2.45, 2.75) is 27.2 Å². The Hall–Kier alpha value is -2.35. The molecule has 0 aliphatic heterocycles. The van der Waals surface area contributed by atoms with Gasteiger partial charge in [-0.3, -0.25) is 4.79 Å². The van der Waals surface area contributed by atoms with Gasteiger partial charge in [-0.05, 0) is 29.5 Å². The second-order valence-electron chi connectivity index (χ2n) is 6.91. The summed E-state index contributed by atoms with van der Waals surface area (Å²) < 4.78 is 5.91. The fourth-order valence-electron chi connectivity index (χ4n) is 2.67. The van der Waals surface area contributed by atoms with Crippen molar-refractivity contribution in [2.75, 3.05) is 0 Å². The number of rotatable bonds is 2. The average molecular weight is 292 g/mol. The summed E-state index contributed by atoms with van der Waals surface area (Å²) in [7, 11) is 0. The molecule has 0 saturated carbocycles. The molecule has 0 amide bonds. The van der Waals surface area contributed by atoms with Crippen LogP contribution < -0.4 is 5.43 Å². The van der Waals surface area contributed by atoms with Gasteiger partial charge in [0.15, 0.2) is 5.43 Å². The van der Waals surface area contributed by atoms with E-state index in [2.05, 4.69) is 20.8 Å². The first kappa shape index (κ1) is 14.6. The van der Waals surface area contributed by atoms with Gasteiger partial charge in [-0.1, -0.05) is 57.2 Å². The molecule has 2 nitrogen and oxygen atoms in total. The Kier molecular flexibility index (Phi) is 3.61. The van der Waals surface area contributed by atoms with Crippen LogP contribution in [0.3, 0.4) is 0 Å². The maximum atomic E-state index is 12.4. The zero-order chi connectivity index (χ0) is 15.7. The first-order chi connectivity index (χ1) is 10.4. The minimum absolute atomic E-state index is 0.0101. The van der Waals surface area contributed by atoms with Crippen LogP contribution >= 0.6 is 0 Å². The van der Waals surface area contributed by atoms with E-state index in [1.165, 1.54) is 5.56 Å². The van der Waals surface area contributed by atoms with E-state index in [0.717, 1.165) is 12.0 Å². The highest BCUT2D eigenvalue weighted by Crippen LogP contribution is 2.25. The zero-order valence-electron chi connectivity index (χ0n) is 13.2. The quantitative estimate of drug-likeness (QED) is 0.661. The van der Waals surface area contributed by atoms with Gasteiger partial charge < -0.3 is 4.42 Å². The van der Waals surface area contributed by atoms with Crippen molar-refractivity contribution in [1.82, 2.24) is 0 Å². The normalized spacial score (nSPS) is 11.8. The highest BCUT2D eigenvalue weighted by Gasteiger charge is 2.13. The Bertz CT molecular complexity index is 852. The highest BCUT2D eigenvalue weighted by molar-refractivity contribution is 5.79. The Balaban J connectivity index is 2.09. The Morgan fingerprint density at radius 3 is 2.36 bits per heavy atom. The molecule has 0 saturated heterocycles. The van der Waals surface area contributed by atoms with Crippen LogP contribution in [0.4, 0.5) is 0 Å². The van der Waals surface area contributed by atoms with Crippen molar-refractivity contribution < 1.29 is 4.42 Å². The molecule has 0 aliphatic carbocycles. The second-order valence-corrected chi connectivity index (χ2v) is 6.91. The van der Waals surface area contributed by atoms with E-state index in [1.807, 2.05) is 48.5 Å². The van der Waals surface area contributed by atoms with Crippen molar-refractivity contribution in [3.8, 4) is 11.3 Å². The SMILES string of the molecule is CC(C)(C)Cc1ccc2oc(-c3ccccc3)cc(=O)c2c1. The van der Waals surface area contributed by atoms with E-state index in [-0.39, 0.29) is 10.8 Å². The molecule has 1 aromatic heterocycles. The third kappa shape index (κ3) is 3.11. The first-order valence-electron chi connectivity index (χ1n) is 7.55. The second kappa shape index (κ2) is 5.45. The van der Waals surface area contributed by atoms with Crippen LogP contribution in [0, 0.1) is 5.41 Å². The van der Waals surface area contributed by atoms with E-state index < -0.39 is 0 Å². The lowest BCUT2D eigenvalue weighted by atomic mass is 9.88. The topological polar surface area (TPSA) is 30.2 Å². The van der Waals surface area contributed by atoms with Gasteiger partial charge in [0, 0.05) is 11.6 Å². The minimum Gasteiger partial charge on any atom is -0.456 e. The third-order valence-electron chi connectivity index (χ3n) is 3.58. The fourth-order valence-corrected chi connectivity index (χ4v) is 2.67. The van der Waals surface area contributed by atoms with Gasteiger partial charge in [0.2, 0.25) is 0 Å². The number of fused-ring (bicyclic) bond motifs is 1. The van der Waals surface area contributed by atoms with Crippen molar-refractivity contribution in [3.63, 3.8) is 0 Å². The van der Waals surface area contributed by atoms with Crippen LogP contribution in [0.15, 0.2) is 63.8 Å². The van der Waals surface area contributed by atoms with Gasteiger partial charge in [0.25, 0.3) is 0 Å². The molecule has 3 aromatic rings. The molecule has 0 fully saturated rings. The largest absolute Gasteiger partial charge is 0.456 e. The highest BCUT2D eigenvalue weighted by atomic mass is 16.3. The maximum absolute atomic E-state index is 12.4. The van der Waals surface area contributed by atoms with Crippen molar-refractivity contribution >= 4 is 11.0 Å². The van der Waals surface area contributed by atoms with Crippen LogP contribution in [-0.4, -0.2) is 0 Å².